The molecule has 3 N–H and O–H groups in total. The number of nitrogens with one attached hydrogen (secondary N) is 3. The molecule has 0 atom stereocenters. The maximum absolute atomic E-state index is 4.51. The topological polar surface area (TPSA) is 78.5 Å². The number of hydrogen-bond acceptors (Lipinski definition) is 6. The predicted molar refractivity (Wildman–Crippen MR) is 91.2 cm³/mol. The molecule has 0 spiro atoms. The van der Waals surface area contributed by atoms with Gasteiger partial charge < -0.3 is 10.6 Å². The molecule has 7 heteroatoms. The van der Waals surface area contributed by atoms with Gasteiger partial charge in [0.25, 0.3) is 0 Å². The number of fused-ring (bicyclic) bond motifs is 1. The fraction of sp³-hybridized carbons (Fsp3) is 0.643. The number of rotatable bonds is 10. The van der Waals surface area contributed by atoms with Gasteiger partial charge in [0.1, 0.15) is 5.82 Å². The fourth-order valence-corrected chi connectivity index (χ4v) is 2.63. The lowest BCUT2D eigenvalue weighted by molar-refractivity contribution is 0.688. The fourth-order valence-electron chi connectivity index (χ4n) is 2.14. The van der Waals surface area contributed by atoms with Crippen LogP contribution in [0.3, 0.4) is 0 Å². The first-order valence-electron chi connectivity index (χ1n) is 7.53. The Morgan fingerprint density at radius 1 is 1.14 bits per heavy atom. The van der Waals surface area contributed by atoms with Gasteiger partial charge in [-0.3, -0.25) is 5.10 Å². The summed E-state index contributed by atoms with van der Waals surface area (Å²) in [5.74, 6) is 2.76. The van der Waals surface area contributed by atoms with Gasteiger partial charge in [-0.05, 0) is 31.8 Å². The Bertz CT molecular complexity index is 541. The van der Waals surface area contributed by atoms with Crippen LogP contribution in [0.4, 0.5) is 11.8 Å². The van der Waals surface area contributed by atoms with Crippen LogP contribution in [0.5, 0.6) is 0 Å². The highest BCUT2D eigenvalue weighted by atomic mass is 32.2. The van der Waals surface area contributed by atoms with Crippen LogP contribution in [0, 0.1) is 0 Å². The normalized spacial score (nSPS) is 11.0. The summed E-state index contributed by atoms with van der Waals surface area (Å²) in [5.41, 5.74) is 0.767. The summed E-state index contributed by atoms with van der Waals surface area (Å²) < 4.78 is 0. The Morgan fingerprint density at radius 3 is 2.81 bits per heavy atom. The van der Waals surface area contributed by atoms with E-state index >= 15 is 0 Å². The van der Waals surface area contributed by atoms with Crippen LogP contribution >= 0.6 is 11.8 Å². The monoisotopic (exact) mass is 308 g/mol. The first-order valence-corrected chi connectivity index (χ1v) is 8.92. The summed E-state index contributed by atoms with van der Waals surface area (Å²) in [6, 6.07) is 0. The van der Waals surface area contributed by atoms with Gasteiger partial charge in [0.05, 0.1) is 11.6 Å². The van der Waals surface area contributed by atoms with Crippen LogP contribution in [0.15, 0.2) is 6.20 Å². The van der Waals surface area contributed by atoms with Crippen molar-refractivity contribution in [2.45, 2.75) is 32.6 Å². The second-order valence-electron chi connectivity index (χ2n) is 4.89. The van der Waals surface area contributed by atoms with Crippen molar-refractivity contribution in [3.63, 3.8) is 0 Å². The quantitative estimate of drug-likeness (QED) is 0.585. The summed E-state index contributed by atoms with van der Waals surface area (Å²) in [6.45, 7) is 3.76. The smallest absolute Gasteiger partial charge is 0.226 e. The molecule has 2 aromatic heterocycles. The van der Waals surface area contributed by atoms with Gasteiger partial charge in [-0.2, -0.15) is 26.8 Å². The zero-order valence-electron chi connectivity index (χ0n) is 12.8. The third-order valence-corrected chi connectivity index (χ3v) is 3.91. The predicted octanol–water partition coefficient (Wildman–Crippen LogP) is 3.12. The zero-order chi connectivity index (χ0) is 14.9. The second-order valence-corrected chi connectivity index (χ2v) is 5.88. The first kappa shape index (κ1) is 15.9. The Balaban J connectivity index is 1.87. The summed E-state index contributed by atoms with van der Waals surface area (Å²) >= 11 is 1.92. The van der Waals surface area contributed by atoms with Crippen LogP contribution in [-0.4, -0.2) is 45.3 Å². The molecule has 0 amide bonds. The number of anilines is 2. The molecule has 2 aromatic rings. The van der Waals surface area contributed by atoms with E-state index in [0.717, 1.165) is 36.4 Å². The molecule has 0 unspecified atom stereocenters. The molecule has 0 aliphatic rings. The van der Waals surface area contributed by atoms with Gasteiger partial charge in [-0.1, -0.05) is 12.8 Å². The molecule has 6 nitrogen and oxygen atoms in total. The Kier molecular flexibility index (Phi) is 6.59. The van der Waals surface area contributed by atoms with E-state index in [9.17, 15) is 0 Å². The number of thioether (sulfide) groups is 1. The number of hydrogen-bond donors (Lipinski definition) is 3. The Labute approximate surface area is 129 Å². The Morgan fingerprint density at radius 2 is 2.00 bits per heavy atom. The highest BCUT2D eigenvalue weighted by Crippen LogP contribution is 2.20. The van der Waals surface area contributed by atoms with E-state index in [1.165, 1.54) is 25.0 Å². The summed E-state index contributed by atoms with van der Waals surface area (Å²) in [5, 5.41) is 14.4. The molecule has 0 fully saturated rings. The van der Waals surface area contributed by atoms with Crippen molar-refractivity contribution in [3.05, 3.63) is 6.20 Å². The lowest BCUT2D eigenvalue weighted by atomic mass is 10.2. The zero-order valence-corrected chi connectivity index (χ0v) is 13.6. The Hall–Kier alpha value is -1.50. The molecule has 0 aliphatic carbocycles. The van der Waals surface area contributed by atoms with E-state index in [2.05, 4.69) is 37.1 Å². The molecule has 0 saturated heterocycles. The van der Waals surface area contributed by atoms with E-state index in [1.807, 2.05) is 18.7 Å². The van der Waals surface area contributed by atoms with Gasteiger partial charge in [0, 0.05) is 13.1 Å². The lowest BCUT2D eigenvalue weighted by Crippen LogP contribution is -2.08. The number of unbranched alkanes of at least 4 members (excludes halogenated alkanes) is 3. The molecule has 0 saturated carbocycles. The van der Waals surface area contributed by atoms with Crippen LogP contribution in [0.1, 0.15) is 32.6 Å². The SMILES string of the molecule is CCNc1nc(NCCCCCCSC)c2cn[nH]c2n1. The molecule has 21 heavy (non-hydrogen) atoms. The molecule has 0 aliphatic heterocycles. The standard InChI is InChI=1S/C14H24N6S/c1-3-15-14-18-12(11-10-17-20-13(11)19-14)16-8-6-4-5-7-9-21-2/h10H,3-9H2,1-2H3,(H3,15,16,17,18,19,20). The molecule has 116 valence electrons. The van der Waals surface area contributed by atoms with Crippen molar-refractivity contribution in [1.82, 2.24) is 20.2 Å². The third-order valence-electron chi connectivity index (χ3n) is 3.21. The molecular weight excluding hydrogens is 284 g/mol. The molecule has 2 heterocycles. The summed E-state index contributed by atoms with van der Waals surface area (Å²) in [7, 11) is 0. The highest BCUT2D eigenvalue weighted by Gasteiger charge is 2.08. The highest BCUT2D eigenvalue weighted by molar-refractivity contribution is 7.98. The molecule has 2 rings (SSSR count). The van der Waals surface area contributed by atoms with Crippen LogP contribution in [0.25, 0.3) is 11.0 Å². The minimum Gasteiger partial charge on any atom is -0.369 e. The van der Waals surface area contributed by atoms with Gasteiger partial charge in [0.15, 0.2) is 5.65 Å². The van der Waals surface area contributed by atoms with E-state index in [0.29, 0.717) is 5.95 Å². The average molecular weight is 308 g/mol. The maximum atomic E-state index is 4.51. The van der Waals surface area contributed by atoms with Gasteiger partial charge >= 0.3 is 0 Å². The third kappa shape index (κ3) is 4.77. The minimum atomic E-state index is 0.636. The molecule has 0 aromatic carbocycles. The van der Waals surface area contributed by atoms with E-state index < -0.39 is 0 Å². The molecular formula is C14H24N6S. The summed E-state index contributed by atoms with van der Waals surface area (Å²) in [4.78, 5) is 8.89. The van der Waals surface area contributed by atoms with Crippen LogP contribution in [0.2, 0.25) is 0 Å². The summed E-state index contributed by atoms with van der Waals surface area (Å²) in [6.07, 6.45) is 8.96. The number of nitrogens with zero attached hydrogens (tertiary/aromatic N) is 3. The van der Waals surface area contributed by atoms with Crippen LogP contribution in [-0.2, 0) is 0 Å². The first-order chi connectivity index (χ1) is 10.3. The maximum Gasteiger partial charge on any atom is 0.226 e. The van der Waals surface area contributed by atoms with E-state index in [4.69, 9.17) is 0 Å². The van der Waals surface area contributed by atoms with Gasteiger partial charge in [-0.15, -0.1) is 0 Å². The van der Waals surface area contributed by atoms with Crippen molar-refractivity contribution in [3.8, 4) is 0 Å². The van der Waals surface area contributed by atoms with E-state index in [1.54, 1.807) is 6.20 Å². The minimum absolute atomic E-state index is 0.636. The number of H-pyrrole nitrogens is 1. The average Bonchev–Trinajstić information content (AvgIpc) is 2.95. The van der Waals surface area contributed by atoms with Crippen molar-refractivity contribution in [2.24, 2.45) is 0 Å². The van der Waals surface area contributed by atoms with E-state index in [-0.39, 0.29) is 0 Å². The number of aromatic amines is 1. The van der Waals surface area contributed by atoms with Crippen molar-refractivity contribution < 1.29 is 0 Å². The lowest BCUT2D eigenvalue weighted by Gasteiger charge is -2.08. The van der Waals surface area contributed by atoms with Crippen molar-refractivity contribution in [1.29, 1.82) is 0 Å². The molecule has 0 bridgehead atoms. The molecule has 0 radical (unpaired) electrons. The van der Waals surface area contributed by atoms with Crippen LogP contribution < -0.4 is 10.6 Å². The number of aromatic nitrogens is 4. The van der Waals surface area contributed by atoms with Crippen molar-refractivity contribution >= 4 is 34.6 Å². The van der Waals surface area contributed by atoms with Gasteiger partial charge in [0.2, 0.25) is 5.95 Å². The second kappa shape index (κ2) is 8.71. The largest absolute Gasteiger partial charge is 0.369 e. The van der Waals surface area contributed by atoms with Gasteiger partial charge in [-0.25, -0.2) is 0 Å². The van der Waals surface area contributed by atoms with Crippen molar-refractivity contribution in [2.75, 3.05) is 35.7 Å².